The van der Waals surface area contributed by atoms with Gasteiger partial charge in [0.05, 0.1) is 0 Å². The second kappa shape index (κ2) is 2.33. The molecule has 6 heteroatoms. The third-order valence-corrected chi connectivity index (χ3v) is 0.880. The monoisotopic (exact) mass is 119 g/mol. The molecule has 1 aliphatic rings. The van der Waals surface area contributed by atoms with Crippen LogP contribution in [0.2, 0.25) is 0 Å². The van der Waals surface area contributed by atoms with E-state index in [9.17, 15) is 0 Å². The molecule has 3 radical (unpaired) electrons. The van der Waals surface area contributed by atoms with Crippen molar-refractivity contribution in [2.45, 2.75) is 6.29 Å². The van der Waals surface area contributed by atoms with Crippen molar-refractivity contribution in [2.24, 2.45) is 10.7 Å². The molecule has 1 rings (SSSR count). The van der Waals surface area contributed by atoms with E-state index < -0.39 is 6.29 Å². The van der Waals surface area contributed by atoms with Crippen molar-refractivity contribution >= 4 is 26.5 Å². The Kier molecular flexibility index (Phi) is 1.68. The quantitative estimate of drug-likeness (QED) is 0.326. The molecule has 0 fully saturated rings. The fraction of sp³-hybridized carbons (Fsp3) is 0.333. The molecule has 0 aliphatic carbocycles. The summed E-state index contributed by atoms with van der Waals surface area (Å²) in [5, 5.41) is 0.135. The van der Waals surface area contributed by atoms with Gasteiger partial charge in [-0.05, 0) is 0 Å². The first-order valence-corrected chi connectivity index (χ1v) is 2.43. The predicted molar refractivity (Wildman–Crippen MR) is 38.2 cm³/mol. The van der Waals surface area contributed by atoms with Crippen LogP contribution in [0, 0.1) is 0 Å². The summed E-state index contributed by atoms with van der Waals surface area (Å²) in [4.78, 5) is 3.77. The Hall–Kier alpha value is -0.610. The molecule has 9 heavy (non-hydrogen) atoms. The van der Waals surface area contributed by atoms with Gasteiger partial charge in [0.25, 0.3) is 0 Å². The van der Waals surface area contributed by atoms with E-state index >= 15 is 0 Å². The topological polar surface area (TPSA) is 62.4 Å². The second-order valence-corrected chi connectivity index (χ2v) is 1.65. The van der Waals surface area contributed by atoms with E-state index in [0.717, 1.165) is 0 Å². The normalized spacial score (nSPS) is 24.9. The van der Waals surface area contributed by atoms with Crippen LogP contribution in [0.25, 0.3) is 0 Å². The van der Waals surface area contributed by atoms with Crippen LogP contribution in [0.5, 0.6) is 0 Å². The predicted octanol–water partition coefficient (Wildman–Crippen LogP) is -2.80. The first-order valence-electron chi connectivity index (χ1n) is 2.43. The molecule has 0 bridgehead atoms. The zero-order valence-corrected chi connectivity index (χ0v) is 4.76. The van der Waals surface area contributed by atoms with Crippen LogP contribution < -0.4 is 16.6 Å². The van der Waals surface area contributed by atoms with Gasteiger partial charge >= 0.3 is 54.4 Å². The SMILES string of the molecule is [B]C(=[B])C1=NC(N)NN1. The van der Waals surface area contributed by atoms with Gasteiger partial charge in [-0.2, -0.15) is 0 Å². The molecule has 0 spiro atoms. The first kappa shape index (κ1) is 6.51. The Morgan fingerprint density at radius 1 is 1.78 bits per heavy atom. The number of hydrogen-bond acceptors (Lipinski definition) is 4. The minimum absolute atomic E-state index is 0.135. The van der Waals surface area contributed by atoms with E-state index in [0.29, 0.717) is 5.84 Å². The van der Waals surface area contributed by atoms with Gasteiger partial charge < -0.3 is 0 Å². The maximum atomic E-state index is 5.28. The standard InChI is InChI=1S/C3H5B2N4/c4-1(5)2-7-3(6)9-8-2/h3,9H,6H2,(H,7,8). The van der Waals surface area contributed by atoms with Gasteiger partial charge in [-0.1, -0.05) is 0 Å². The number of nitrogens with one attached hydrogen (secondary N) is 2. The molecule has 0 aromatic heterocycles. The summed E-state index contributed by atoms with van der Waals surface area (Å²) in [6.45, 7) is 0. The van der Waals surface area contributed by atoms with E-state index in [1.54, 1.807) is 0 Å². The summed E-state index contributed by atoms with van der Waals surface area (Å²) in [5.74, 6) is 0.405. The molecule has 0 saturated heterocycles. The van der Waals surface area contributed by atoms with Crippen LogP contribution in [0.4, 0.5) is 0 Å². The summed E-state index contributed by atoms with van der Waals surface area (Å²) >= 11 is 0. The van der Waals surface area contributed by atoms with Crippen molar-refractivity contribution in [3.8, 4) is 0 Å². The van der Waals surface area contributed by atoms with E-state index in [1.807, 2.05) is 0 Å². The van der Waals surface area contributed by atoms with Gasteiger partial charge in [-0.3, -0.25) is 0 Å². The van der Waals surface area contributed by atoms with E-state index in [4.69, 9.17) is 21.1 Å². The Bertz CT molecular complexity index is 165. The molecule has 1 aliphatic heterocycles. The van der Waals surface area contributed by atoms with Crippen molar-refractivity contribution in [3.63, 3.8) is 0 Å². The summed E-state index contributed by atoms with van der Waals surface area (Å²) in [5.41, 5.74) is 10.5. The van der Waals surface area contributed by atoms with Crippen molar-refractivity contribution in [1.82, 2.24) is 10.9 Å². The van der Waals surface area contributed by atoms with Crippen LogP contribution in [0.1, 0.15) is 0 Å². The van der Waals surface area contributed by atoms with Gasteiger partial charge in [0.2, 0.25) is 0 Å². The Morgan fingerprint density at radius 3 is 2.67 bits per heavy atom. The molecule has 0 aromatic carbocycles. The molecule has 0 saturated carbocycles. The van der Waals surface area contributed by atoms with Crippen molar-refractivity contribution in [2.75, 3.05) is 0 Å². The minimum atomic E-state index is -0.443. The molecule has 1 atom stereocenters. The van der Waals surface area contributed by atoms with E-state index in [1.165, 1.54) is 0 Å². The zero-order chi connectivity index (χ0) is 6.85. The average molecular weight is 119 g/mol. The number of nitrogens with zero attached hydrogens (tertiary/aromatic N) is 1. The van der Waals surface area contributed by atoms with E-state index in [2.05, 4.69) is 15.8 Å². The number of aliphatic imine (C=N–C) groups is 1. The zero-order valence-electron chi connectivity index (χ0n) is 4.76. The fourth-order valence-electron chi connectivity index (χ4n) is 0.493. The van der Waals surface area contributed by atoms with Crippen molar-refractivity contribution in [1.29, 1.82) is 0 Å². The van der Waals surface area contributed by atoms with Gasteiger partial charge in [-0.15, -0.1) is 0 Å². The van der Waals surface area contributed by atoms with Gasteiger partial charge in [-0.25, -0.2) is 0 Å². The van der Waals surface area contributed by atoms with Gasteiger partial charge in [0, 0.05) is 0 Å². The van der Waals surface area contributed by atoms with Crippen LogP contribution in [-0.4, -0.2) is 32.8 Å². The third kappa shape index (κ3) is 1.40. The van der Waals surface area contributed by atoms with E-state index in [-0.39, 0.29) is 5.36 Å². The van der Waals surface area contributed by atoms with Gasteiger partial charge in [0.15, 0.2) is 0 Å². The Labute approximate surface area is 55.4 Å². The molecule has 0 aromatic rings. The average Bonchev–Trinajstić information content (AvgIpc) is 2.14. The Morgan fingerprint density at radius 2 is 2.44 bits per heavy atom. The van der Waals surface area contributed by atoms with Gasteiger partial charge in [0.1, 0.15) is 0 Å². The number of nitrogens with two attached hydrogens (primary N) is 1. The van der Waals surface area contributed by atoms with Crippen LogP contribution in [0.3, 0.4) is 0 Å². The first-order chi connectivity index (χ1) is 4.20. The molecule has 0 amide bonds. The molecule has 4 N–H and O–H groups in total. The van der Waals surface area contributed by atoms with Crippen LogP contribution in [-0.2, 0) is 0 Å². The molecule has 1 unspecified atom stereocenters. The molecular weight excluding hydrogens is 114 g/mol. The second-order valence-electron chi connectivity index (χ2n) is 1.65. The van der Waals surface area contributed by atoms with Crippen LogP contribution in [0.15, 0.2) is 4.99 Å². The van der Waals surface area contributed by atoms with Crippen molar-refractivity contribution < 1.29 is 0 Å². The summed E-state index contributed by atoms with van der Waals surface area (Å²) in [6, 6.07) is 0. The van der Waals surface area contributed by atoms with Crippen molar-refractivity contribution in [3.05, 3.63) is 0 Å². The van der Waals surface area contributed by atoms with Crippen LogP contribution >= 0.6 is 0 Å². The molecular formula is C3H5B2N4. The number of rotatable bonds is 1. The molecule has 4 nitrogen and oxygen atoms in total. The summed E-state index contributed by atoms with van der Waals surface area (Å²) < 4.78 is 0. The fourth-order valence-corrected chi connectivity index (χ4v) is 0.493. The number of hydrogen-bond donors (Lipinski definition) is 3. The summed E-state index contributed by atoms with van der Waals surface area (Å²) in [6.07, 6.45) is -0.443. The number of hydrazine groups is 1. The summed E-state index contributed by atoms with van der Waals surface area (Å²) in [7, 11) is 10.3. The molecule has 43 valence electrons. The Balaban J connectivity index is 2.62. The number of amidine groups is 1. The maximum absolute atomic E-state index is 5.28. The third-order valence-electron chi connectivity index (χ3n) is 0.880. The molecule has 1 heterocycles.